The Kier molecular flexibility index (Phi) is 5.25. The molecule has 1 aromatic rings. The second-order valence-corrected chi connectivity index (χ2v) is 5.58. The van der Waals surface area contributed by atoms with Crippen molar-refractivity contribution in [1.29, 1.82) is 0 Å². The Bertz CT molecular complexity index is 545. The van der Waals surface area contributed by atoms with Crippen molar-refractivity contribution in [1.82, 2.24) is 10.2 Å². The molecular formula is C16H22N2O4. The lowest BCUT2D eigenvalue weighted by atomic mass is 10.1. The zero-order valence-corrected chi connectivity index (χ0v) is 13.2. The molecule has 6 nitrogen and oxygen atoms in total. The van der Waals surface area contributed by atoms with Crippen LogP contribution >= 0.6 is 0 Å². The van der Waals surface area contributed by atoms with Gasteiger partial charge in [0.2, 0.25) is 5.91 Å². The van der Waals surface area contributed by atoms with Gasteiger partial charge in [-0.3, -0.25) is 4.79 Å². The zero-order valence-electron chi connectivity index (χ0n) is 13.2. The molecule has 2 rings (SSSR count). The highest BCUT2D eigenvalue weighted by molar-refractivity contribution is 5.78. The first kappa shape index (κ1) is 16.1. The molecule has 1 unspecified atom stereocenters. The number of methoxy groups -OCH3 is 1. The van der Waals surface area contributed by atoms with E-state index in [0.717, 1.165) is 11.3 Å². The fourth-order valence-corrected chi connectivity index (χ4v) is 2.33. The summed E-state index contributed by atoms with van der Waals surface area (Å²) in [5.41, 5.74) is 0.879. The van der Waals surface area contributed by atoms with E-state index in [1.807, 2.05) is 38.1 Å². The summed E-state index contributed by atoms with van der Waals surface area (Å²) in [6.45, 7) is 4.71. The normalized spacial score (nSPS) is 17.5. The second-order valence-electron chi connectivity index (χ2n) is 5.58. The van der Waals surface area contributed by atoms with Gasteiger partial charge in [0.25, 0.3) is 0 Å². The Hall–Kier alpha value is -2.24. The van der Waals surface area contributed by atoms with E-state index in [0.29, 0.717) is 13.1 Å². The predicted octanol–water partition coefficient (Wildman–Crippen LogP) is 1.58. The fraction of sp³-hybridized carbons (Fsp3) is 0.500. The fourth-order valence-electron chi connectivity index (χ4n) is 2.33. The number of benzene rings is 1. The third-order valence-corrected chi connectivity index (χ3v) is 3.55. The Morgan fingerprint density at radius 1 is 1.50 bits per heavy atom. The van der Waals surface area contributed by atoms with Crippen LogP contribution < -0.4 is 10.1 Å². The molecule has 120 valence electrons. The molecule has 22 heavy (non-hydrogen) atoms. The molecule has 6 heteroatoms. The van der Waals surface area contributed by atoms with Crippen LogP contribution in [-0.2, 0) is 16.0 Å². The average Bonchev–Trinajstić information content (AvgIpc) is 2.86. The molecule has 2 amide bonds. The van der Waals surface area contributed by atoms with E-state index in [4.69, 9.17) is 9.47 Å². The highest BCUT2D eigenvalue weighted by Crippen LogP contribution is 2.14. The van der Waals surface area contributed by atoms with Crippen molar-refractivity contribution in [3.63, 3.8) is 0 Å². The number of nitrogens with one attached hydrogen (secondary N) is 1. The van der Waals surface area contributed by atoms with Crippen molar-refractivity contribution < 1.29 is 19.1 Å². The quantitative estimate of drug-likeness (QED) is 0.866. The maximum Gasteiger partial charge on any atom is 0.410 e. The van der Waals surface area contributed by atoms with Crippen molar-refractivity contribution in [3.8, 4) is 5.75 Å². The monoisotopic (exact) mass is 306 g/mol. The van der Waals surface area contributed by atoms with Gasteiger partial charge in [0.05, 0.1) is 26.6 Å². The van der Waals surface area contributed by atoms with Crippen LogP contribution in [0.25, 0.3) is 0 Å². The molecule has 0 spiro atoms. The molecule has 1 fully saturated rings. The molecule has 0 saturated carbocycles. The van der Waals surface area contributed by atoms with Crippen molar-refractivity contribution in [2.45, 2.75) is 32.4 Å². The molecule has 1 saturated heterocycles. The summed E-state index contributed by atoms with van der Waals surface area (Å²) in [6.07, 6.45) is -0.336. The first-order valence-corrected chi connectivity index (χ1v) is 7.36. The molecule has 1 aliphatic heterocycles. The molecule has 1 heterocycles. The number of nitrogens with zero attached hydrogens (tertiary/aromatic N) is 1. The van der Waals surface area contributed by atoms with E-state index in [-0.39, 0.29) is 30.6 Å². The van der Waals surface area contributed by atoms with Gasteiger partial charge in [0.1, 0.15) is 11.9 Å². The number of carbonyl (C=O) groups excluding carboxylic acids is 2. The topological polar surface area (TPSA) is 67.9 Å². The van der Waals surface area contributed by atoms with E-state index < -0.39 is 0 Å². The summed E-state index contributed by atoms with van der Waals surface area (Å²) >= 11 is 0. The van der Waals surface area contributed by atoms with Crippen LogP contribution in [0.15, 0.2) is 24.3 Å². The SMILES string of the molecule is COc1cccc(CC(=O)NCC2CN(C(C)C)C(=O)O2)c1. The first-order chi connectivity index (χ1) is 10.5. The number of hydrogen-bond donors (Lipinski definition) is 1. The summed E-state index contributed by atoms with van der Waals surface area (Å²) < 4.78 is 10.4. The number of amides is 2. The maximum absolute atomic E-state index is 12.0. The lowest BCUT2D eigenvalue weighted by Crippen LogP contribution is -2.36. The van der Waals surface area contributed by atoms with E-state index in [9.17, 15) is 9.59 Å². The summed E-state index contributed by atoms with van der Waals surface area (Å²) in [5.74, 6) is 0.620. The van der Waals surface area contributed by atoms with E-state index in [1.54, 1.807) is 12.0 Å². The van der Waals surface area contributed by atoms with E-state index in [2.05, 4.69) is 5.32 Å². The second kappa shape index (κ2) is 7.15. The molecule has 1 aromatic carbocycles. The third kappa shape index (κ3) is 4.13. The van der Waals surface area contributed by atoms with Crippen molar-refractivity contribution in [2.75, 3.05) is 20.2 Å². The van der Waals surface area contributed by atoms with Gasteiger partial charge in [-0.1, -0.05) is 12.1 Å². The minimum atomic E-state index is -0.318. The highest BCUT2D eigenvalue weighted by Gasteiger charge is 2.32. The smallest absolute Gasteiger partial charge is 0.410 e. The standard InChI is InChI=1S/C16H22N2O4/c1-11(2)18-10-14(22-16(18)20)9-17-15(19)8-12-5-4-6-13(7-12)21-3/h4-7,11,14H,8-10H2,1-3H3,(H,17,19). The van der Waals surface area contributed by atoms with Crippen molar-refractivity contribution in [3.05, 3.63) is 29.8 Å². The van der Waals surface area contributed by atoms with Crippen LogP contribution in [0.4, 0.5) is 4.79 Å². The maximum atomic E-state index is 12.0. The number of carbonyl (C=O) groups is 2. The largest absolute Gasteiger partial charge is 0.497 e. The number of hydrogen-bond acceptors (Lipinski definition) is 4. The minimum absolute atomic E-state index is 0.102. The van der Waals surface area contributed by atoms with Crippen LogP contribution in [0.2, 0.25) is 0 Å². The average molecular weight is 306 g/mol. The van der Waals surface area contributed by atoms with Crippen molar-refractivity contribution in [2.24, 2.45) is 0 Å². The molecule has 0 radical (unpaired) electrons. The minimum Gasteiger partial charge on any atom is -0.497 e. The first-order valence-electron chi connectivity index (χ1n) is 7.36. The van der Waals surface area contributed by atoms with Gasteiger partial charge in [0.15, 0.2) is 0 Å². The molecule has 1 atom stereocenters. The zero-order chi connectivity index (χ0) is 16.1. The van der Waals surface area contributed by atoms with Gasteiger partial charge < -0.3 is 19.7 Å². The predicted molar refractivity (Wildman–Crippen MR) is 81.8 cm³/mol. The lowest BCUT2D eigenvalue weighted by molar-refractivity contribution is -0.120. The van der Waals surface area contributed by atoms with Crippen molar-refractivity contribution >= 4 is 12.0 Å². The number of cyclic esters (lactones) is 1. The van der Waals surface area contributed by atoms with Crippen LogP contribution in [0, 0.1) is 0 Å². The number of rotatable bonds is 6. The summed E-state index contributed by atoms with van der Waals surface area (Å²) in [6, 6.07) is 7.49. The van der Waals surface area contributed by atoms with Crippen LogP contribution in [0.3, 0.4) is 0 Å². The van der Waals surface area contributed by atoms with E-state index in [1.165, 1.54) is 0 Å². The molecule has 1 N–H and O–H groups in total. The van der Waals surface area contributed by atoms with Gasteiger partial charge in [-0.05, 0) is 31.5 Å². The lowest BCUT2D eigenvalue weighted by Gasteiger charge is -2.16. The Balaban J connectivity index is 1.80. The molecular weight excluding hydrogens is 284 g/mol. The van der Waals surface area contributed by atoms with Crippen LogP contribution in [-0.4, -0.2) is 49.2 Å². The molecule has 0 aromatic heterocycles. The van der Waals surface area contributed by atoms with E-state index >= 15 is 0 Å². The molecule has 0 aliphatic carbocycles. The highest BCUT2D eigenvalue weighted by atomic mass is 16.6. The Morgan fingerprint density at radius 2 is 2.27 bits per heavy atom. The third-order valence-electron chi connectivity index (χ3n) is 3.55. The Morgan fingerprint density at radius 3 is 2.91 bits per heavy atom. The van der Waals surface area contributed by atoms with Crippen LogP contribution in [0.1, 0.15) is 19.4 Å². The summed E-state index contributed by atoms with van der Waals surface area (Å²) in [5, 5.41) is 2.81. The van der Waals surface area contributed by atoms with Crippen LogP contribution in [0.5, 0.6) is 5.75 Å². The summed E-state index contributed by atoms with van der Waals surface area (Å²) in [4.78, 5) is 25.2. The number of ether oxygens (including phenoxy) is 2. The van der Waals surface area contributed by atoms with Gasteiger partial charge in [-0.15, -0.1) is 0 Å². The van der Waals surface area contributed by atoms with Gasteiger partial charge >= 0.3 is 6.09 Å². The van der Waals surface area contributed by atoms with Gasteiger partial charge in [-0.2, -0.15) is 0 Å². The summed E-state index contributed by atoms with van der Waals surface area (Å²) in [7, 11) is 1.59. The molecule has 1 aliphatic rings. The van der Waals surface area contributed by atoms with Gasteiger partial charge in [0, 0.05) is 6.04 Å². The molecule has 0 bridgehead atoms. The van der Waals surface area contributed by atoms with Gasteiger partial charge in [-0.25, -0.2) is 4.79 Å². The Labute approximate surface area is 130 Å².